The third-order valence-corrected chi connectivity index (χ3v) is 5.73. The van der Waals surface area contributed by atoms with E-state index in [4.69, 9.17) is 19.3 Å². The number of carbonyl (C=O) groups is 4. The molecule has 0 spiro atoms. The molecule has 3 aromatic rings. The van der Waals surface area contributed by atoms with Gasteiger partial charge in [-0.05, 0) is 65.7 Å². The summed E-state index contributed by atoms with van der Waals surface area (Å²) in [6.45, 7) is -0.281. The van der Waals surface area contributed by atoms with Crippen molar-refractivity contribution in [3.8, 4) is 17.2 Å². The van der Waals surface area contributed by atoms with Crippen LogP contribution in [0.2, 0.25) is 0 Å². The molecule has 0 radical (unpaired) electrons. The lowest BCUT2D eigenvalue weighted by Gasteiger charge is -2.12. The van der Waals surface area contributed by atoms with Crippen LogP contribution in [0.5, 0.6) is 17.2 Å². The van der Waals surface area contributed by atoms with E-state index in [0.29, 0.717) is 28.5 Å². The van der Waals surface area contributed by atoms with Gasteiger partial charge >= 0.3 is 12.0 Å². The molecule has 4 amide bonds. The first-order valence-corrected chi connectivity index (χ1v) is 11.7. The van der Waals surface area contributed by atoms with Crippen molar-refractivity contribution >= 4 is 35.6 Å². The lowest BCUT2D eigenvalue weighted by molar-refractivity contribution is -0.127. The van der Waals surface area contributed by atoms with Crippen LogP contribution in [-0.4, -0.2) is 54.6 Å². The molecular formula is C28H25N3O8. The monoisotopic (exact) mass is 531 g/mol. The lowest BCUT2D eigenvalue weighted by Crippen LogP contribution is -2.38. The molecule has 1 aliphatic rings. The zero-order valence-corrected chi connectivity index (χ0v) is 21.1. The van der Waals surface area contributed by atoms with Crippen molar-refractivity contribution in [2.45, 2.75) is 6.61 Å². The molecule has 0 aromatic heterocycles. The van der Waals surface area contributed by atoms with E-state index in [2.05, 4.69) is 10.6 Å². The van der Waals surface area contributed by atoms with Gasteiger partial charge in [0, 0.05) is 5.69 Å². The maximum Gasteiger partial charge on any atom is 0.335 e. The normalized spacial score (nSPS) is 13.7. The van der Waals surface area contributed by atoms with Crippen molar-refractivity contribution < 1.29 is 38.5 Å². The molecule has 200 valence electrons. The number of ether oxygens (including phenoxy) is 3. The minimum Gasteiger partial charge on any atom is -0.497 e. The average molecular weight is 532 g/mol. The Kier molecular flexibility index (Phi) is 8.10. The molecule has 0 bridgehead atoms. The summed E-state index contributed by atoms with van der Waals surface area (Å²) in [7, 11) is 2.99. The van der Waals surface area contributed by atoms with E-state index in [0.717, 1.165) is 10.5 Å². The van der Waals surface area contributed by atoms with Crippen LogP contribution in [0, 0.1) is 0 Å². The van der Waals surface area contributed by atoms with Crippen LogP contribution in [0.3, 0.4) is 0 Å². The van der Waals surface area contributed by atoms with Crippen molar-refractivity contribution in [1.29, 1.82) is 0 Å². The first-order valence-electron chi connectivity index (χ1n) is 11.7. The largest absolute Gasteiger partial charge is 0.497 e. The van der Waals surface area contributed by atoms with Gasteiger partial charge in [0.1, 0.15) is 24.6 Å². The molecule has 11 heteroatoms. The number of urea groups is 1. The van der Waals surface area contributed by atoms with Crippen LogP contribution in [-0.2, 0) is 16.2 Å². The quantitative estimate of drug-likeness (QED) is 0.266. The molecule has 1 saturated heterocycles. The van der Waals surface area contributed by atoms with Crippen LogP contribution >= 0.6 is 0 Å². The highest BCUT2D eigenvalue weighted by atomic mass is 16.5. The van der Waals surface area contributed by atoms with Gasteiger partial charge in [-0.15, -0.1) is 0 Å². The van der Waals surface area contributed by atoms with Crippen molar-refractivity contribution in [3.63, 3.8) is 0 Å². The van der Waals surface area contributed by atoms with Crippen molar-refractivity contribution in [2.75, 3.05) is 26.1 Å². The zero-order chi connectivity index (χ0) is 27.9. The summed E-state index contributed by atoms with van der Waals surface area (Å²) in [5, 5.41) is 14.1. The van der Waals surface area contributed by atoms with Crippen molar-refractivity contribution in [3.05, 3.63) is 89.1 Å². The Morgan fingerprint density at radius 3 is 2.31 bits per heavy atom. The Bertz CT molecular complexity index is 1430. The van der Waals surface area contributed by atoms with Gasteiger partial charge in [-0.2, -0.15) is 0 Å². The Morgan fingerprint density at radius 1 is 0.949 bits per heavy atom. The molecule has 39 heavy (non-hydrogen) atoms. The SMILES string of the molecule is COc1ccc(NC(=O)CN2C(=O)N/C(=C\c3ccc(OCc4ccc(C(=O)O)cc4)c(OC)c3)C2=O)cc1. The van der Waals surface area contributed by atoms with E-state index in [1.54, 1.807) is 54.6 Å². The number of methoxy groups -OCH3 is 2. The Balaban J connectivity index is 1.40. The van der Waals surface area contributed by atoms with Gasteiger partial charge in [0.25, 0.3) is 5.91 Å². The maximum absolute atomic E-state index is 12.8. The number of imide groups is 1. The fraction of sp³-hybridized carbons (Fsp3) is 0.143. The predicted molar refractivity (Wildman–Crippen MR) is 141 cm³/mol. The number of hydrogen-bond donors (Lipinski definition) is 3. The minimum absolute atomic E-state index is 0.00601. The number of amides is 4. The highest BCUT2D eigenvalue weighted by Crippen LogP contribution is 2.30. The Labute approximate surface area is 223 Å². The van der Waals surface area contributed by atoms with Gasteiger partial charge in [0.2, 0.25) is 5.91 Å². The molecule has 1 fully saturated rings. The fourth-order valence-corrected chi connectivity index (χ4v) is 3.70. The van der Waals surface area contributed by atoms with Gasteiger partial charge < -0.3 is 30.0 Å². The number of nitrogens with zero attached hydrogens (tertiary/aromatic N) is 1. The number of benzene rings is 3. The van der Waals surface area contributed by atoms with Crippen LogP contribution in [0.15, 0.2) is 72.4 Å². The smallest absolute Gasteiger partial charge is 0.335 e. The first-order chi connectivity index (χ1) is 18.8. The third kappa shape index (κ3) is 6.52. The summed E-state index contributed by atoms with van der Waals surface area (Å²) in [5.41, 5.74) is 2.00. The number of carboxylic acids is 1. The first kappa shape index (κ1) is 26.7. The van der Waals surface area contributed by atoms with Crippen LogP contribution in [0.1, 0.15) is 21.5 Å². The second-order valence-electron chi connectivity index (χ2n) is 8.36. The standard InChI is InChI=1S/C28H25N3O8/c1-37-21-10-8-20(9-11-21)29-25(32)15-31-26(33)22(30-28(31)36)13-18-5-12-23(24(14-18)38-2)39-16-17-3-6-19(7-4-17)27(34)35/h3-14H,15-16H2,1-2H3,(H,29,32)(H,30,36)(H,34,35)/b22-13-. The number of hydrogen-bond acceptors (Lipinski definition) is 7. The number of carboxylic acid groups (broad SMARTS) is 1. The molecule has 0 saturated carbocycles. The summed E-state index contributed by atoms with van der Waals surface area (Å²) < 4.78 is 16.3. The second-order valence-corrected chi connectivity index (χ2v) is 8.36. The van der Waals surface area contributed by atoms with Crippen molar-refractivity contribution in [1.82, 2.24) is 10.2 Å². The summed E-state index contributed by atoms with van der Waals surface area (Å²) in [6, 6.07) is 17.2. The lowest BCUT2D eigenvalue weighted by atomic mass is 10.1. The summed E-state index contributed by atoms with van der Waals surface area (Å²) in [4.78, 5) is 49.4. The van der Waals surface area contributed by atoms with Gasteiger partial charge in [-0.3, -0.25) is 9.59 Å². The number of carbonyl (C=O) groups excluding carboxylic acids is 3. The summed E-state index contributed by atoms with van der Waals surface area (Å²) in [6.07, 6.45) is 1.47. The molecule has 11 nitrogen and oxygen atoms in total. The predicted octanol–water partition coefficient (Wildman–Crippen LogP) is 3.51. The molecule has 3 N–H and O–H groups in total. The number of aromatic carboxylic acids is 1. The second kappa shape index (κ2) is 11.8. The summed E-state index contributed by atoms with van der Waals surface area (Å²) in [5.74, 6) is -0.745. The molecule has 0 aliphatic carbocycles. The highest BCUT2D eigenvalue weighted by Gasteiger charge is 2.35. The van der Waals surface area contributed by atoms with E-state index in [1.165, 1.54) is 32.4 Å². The Hall–Kier alpha value is -5.32. The number of nitrogens with one attached hydrogen (secondary N) is 2. The van der Waals surface area contributed by atoms with E-state index in [-0.39, 0.29) is 17.9 Å². The van der Waals surface area contributed by atoms with Gasteiger partial charge in [0.05, 0.1) is 19.8 Å². The van der Waals surface area contributed by atoms with E-state index >= 15 is 0 Å². The van der Waals surface area contributed by atoms with Gasteiger partial charge in [0.15, 0.2) is 11.5 Å². The molecule has 1 aliphatic heterocycles. The molecular weight excluding hydrogens is 506 g/mol. The van der Waals surface area contributed by atoms with Crippen LogP contribution < -0.4 is 24.8 Å². The molecule has 3 aromatic carbocycles. The van der Waals surface area contributed by atoms with E-state index < -0.39 is 30.4 Å². The third-order valence-electron chi connectivity index (χ3n) is 5.73. The number of rotatable bonds is 10. The zero-order valence-electron chi connectivity index (χ0n) is 21.1. The van der Waals surface area contributed by atoms with E-state index in [9.17, 15) is 19.2 Å². The molecule has 4 rings (SSSR count). The van der Waals surface area contributed by atoms with Crippen LogP contribution in [0.4, 0.5) is 10.5 Å². The molecule has 0 atom stereocenters. The van der Waals surface area contributed by atoms with Crippen LogP contribution in [0.25, 0.3) is 6.08 Å². The highest BCUT2D eigenvalue weighted by molar-refractivity contribution is 6.16. The molecule has 1 heterocycles. The van der Waals surface area contributed by atoms with Crippen molar-refractivity contribution in [2.24, 2.45) is 0 Å². The number of anilines is 1. The maximum atomic E-state index is 12.8. The molecule has 0 unspecified atom stereocenters. The fourth-order valence-electron chi connectivity index (χ4n) is 3.70. The van der Waals surface area contributed by atoms with E-state index in [1.807, 2.05) is 0 Å². The average Bonchev–Trinajstić information content (AvgIpc) is 3.19. The Morgan fingerprint density at radius 2 is 1.67 bits per heavy atom. The minimum atomic E-state index is -1.01. The summed E-state index contributed by atoms with van der Waals surface area (Å²) >= 11 is 0. The topological polar surface area (TPSA) is 144 Å². The van der Waals surface area contributed by atoms with Gasteiger partial charge in [-0.1, -0.05) is 18.2 Å². The van der Waals surface area contributed by atoms with Gasteiger partial charge in [-0.25, -0.2) is 14.5 Å².